The Balaban J connectivity index is 3.17. The fourth-order valence-electron chi connectivity index (χ4n) is 2.37. The third kappa shape index (κ3) is 5.43. The van der Waals surface area contributed by atoms with Gasteiger partial charge in [0.2, 0.25) is 0 Å². The minimum atomic E-state index is -1.36. The van der Waals surface area contributed by atoms with Crippen LogP contribution in [0.2, 0.25) is 13.1 Å². The van der Waals surface area contributed by atoms with Crippen LogP contribution in [0.3, 0.4) is 0 Å². The first-order valence-corrected chi connectivity index (χ1v) is 11.4. The van der Waals surface area contributed by atoms with Crippen molar-refractivity contribution in [3.63, 3.8) is 0 Å². The molecule has 0 spiro atoms. The number of ether oxygens (including phenoxy) is 1. The molecule has 1 aliphatic heterocycles. The first-order valence-electron chi connectivity index (χ1n) is 7.83. The molecule has 5 nitrogen and oxygen atoms in total. The van der Waals surface area contributed by atoms with Gasteiger partial charge in [-0.2, -0.15) is 0 Å². The molecular weight excluding hydrogens is 378 g/mol. The number of carbonyl (C=O) groups excluding carboxylic acids is 2. The molecule has 0 bridgehead atoms. The highest BCUT2D eigenvalue weighted by Crippen LogP contribution is 2.35. The molecule has 1 unspecified atom stereocenters. The van der Waals surface area contributed by atoms with Crippen LogP contribution < -0.4 is 0 Å². The molecule has 132 valence electrons. The van der Waals surface area contributed by atoms with E-state index in [9.17, 15) is 9.59 Å². The lowest BCUT2D eigenvalue weighted by Crippen LogP contribution is -2.53. The number of rotatable bonds is 3. The minimum Gasteiger partial charge on any atom is -0.443 e. The van der Waals surface area contributed by atoms with Gasteiger partial charge in [-0.3, -0.25) is 4.79 Å². The van der Waals surface area contributed by atoms with Crippen LogP contribution in [0.5, 0.6) is 0 Å². The van der Waals surface area contributed by atoms with Gasteiger partial charge in [0.05, 0.1) is 16.6 Å². The average Bonchev–Trinajstić information content (AvgIpc) is 2.58. The van der Waals surface area contributed by atoms with E-state index in [0.717, 1.165) is 0 Å². The summed E-state index contributed by atoms with van der Waals surface area (Å²) in [6.07, 6.45) is 0.834. The lowest BCUT2D eigenvalue weighted by atomic mass is 9.84. The van der Waals surface area contributed by atoms with E-state index in [1.165, 1.54) is 4.90 Å². The van der Waals surface area contributed by atoms with Crippen LogP contribution in [0.25, 0.3) is 0 Å². The van der Waals surface area contributed by atoms with E-state index >= 15 is 0 Å². The molecule has 1 rings (SSSR count). The molecule has 1 heterocycles. The number of halogens is 1. The molecule has 0 saturated carbocycles. The summed E-state index contributed by atoms with van der Waals surface area (Å²) >= 11 is 3.25. The molecule has 0 N–H and O–H groups in total. The molecule has 0 fully saturated rings. The number of imide groups is 1. The maximum absolute atomic E-state index is 12.5. The zero-order chi connectivity index (χ0) is 18.2. The first-order chi connectivity index (χ1) is 10.2. The lowest BCUT2D eigenvalue weighted by Gasteiger charge is -2.39. The van der Waals surface area contributed by atoms with Gasteiger partial charge in [-0.05, 0) is 61.3 Å². The fraction of sp³-hybridized carbons (Fsp3) is 0.750. The summed E-state index contributed by atoms with van der Waals surface area (Å²) in [5, 5.41) is 0. The van der Waals surface area contributed by atoms with E-state index < -0.39 is 26.8 Å². The van der Waals surface area contributed by atoms with Crippen molar-refractivity contribution in [3.05, 3.63) is 10.6 Å². The Morgan fingerprint density at radius 3 is 2.17 bits per heavy atom. The van der Waals surface area contributed by atoms with Crippen molar-refractivity contribution < 1.29 is 18.8 Å². The highest BCUT2D eigenvalue weighted by atomic mass is 79.9. The van der Waals surface area contributed by atoms with Crippen LogP contribution in [-0.4, -0.2) is 43.7 Å². The molecule has 2 amide bonds. The number of hydrogen-bond donors (Lipinski definition) is 0. The summed E-state index contributed by atoms with van der Waals surface area (Å²) in [4.78, 5) is 26.1. The molecule has 0 aromatic heterocycles. The van der Waals surface area contributed by atoms with Gasteiger partial charge in [-0.15, -0.1) is 0 Å². The van der Waals surface area contributed by atoms with Crippen LogP contribution in [-0.2, 0) is 14.0 Å². The van der Waals surface area contributed by atoms with E-state index in [2.05, 4.69) is 29.0 Å². The highest BCUT2D eigenvalue weighted by molar-refractivity contribution is 9.12. The SMILES string of the molecule is C[SiH](C)OC([C@H]1C=C(Br)C(=O)N1C(=O)OC(C)(C)C)C(C)(C)C. The van der Waals surface area contributed by atoms with E-state index in [1.807, 2.05) is 20.8 Å². The largest absolute Gasteiger partial charge is 0.443 e. The molecule has 0 aromatic carbocycles. The van der Waals surface area contributed by atoms with E-state index in [1.54, 1.807) is 26.8 Å². The summed E-state index contributed by atoms with van der Waals surface area (Å²) in [6.45, 7) is 15.6. The number of carbonyl (C=O) groups is 2. The Morgan fingerprint density at radius 2 is 1.78 bits per heavy atom. The summed E-state index contributed by atoms with van der Waals surface area (Å²) in [7, 11) is -1.36. The van der Waals surface area contributed by atoms with Gasteiger partial charge in [0.25, 0.3) is 5.91 Å². The second kappa shape index (κ2) is 7.07. The second-order valence-electron chi connectivity index (χ2n) is 8.13. The van der Waals surface area contributed by atoms with E-state index in [-0.39, 0.29) is 17.4 Å². The van der Waals surface area contributed by atoms with Crippen molar-refractivity contribution in [2.75, 3.05) is 0 Å². The third-order valence-electron chi connectivity index (χ3n) is 3.21. The minimum absolute atomic E-state index is 0.226. The lowest BCUT2D eigenvalue weighted by molar-refractivity contribution is -0.127. The van der Waals surface area contributed by atoms with Crippen LogP contribution in [0.15, 0.2) is 10.6 Å². The maximum Gasteiger partial charge on any atom is 0.417 e. The Bertz CT molecular complexity index is 505. The molecule has 1 aliphatic rings. The average molecular weight is 406 g/mol. The van der Waals surface area contributed by atoms with E-state index in [4.69, 9.17) is 9.16 Å². The van der Waals surface area contributed by atoms with Crippen LogP contribution in [0.4, 0.5) is 4.79 Å². The summed E-state index contributed by atoms with van der Waals surface area (Å²) < 4.78 is 12.0. The summed E-state index contributed by atoms with van der Waals surface area (Å²) in [6, 6.07) is -0.471. The molecule has 7 heteroatoms. The van der Waals surface area contributed by atoms with Gasteiger partial charge in [0.15, 0.2) is 9.04 Å². The maximum atomic E-state index is 12.5. The number of amides is 2. The van der Waals surface area contributed by atoms with Crippen molar-refractivity contribution in [1.82, 2.24) is 4.90 Å². The topological polar surface area (TPSA) is 55.8 Å². The predicted octanol–water partition coefficient (Wildman–Crippen LogP) is 3.83. The molecule has 2 atom stereocenters. The standard InChI is InChI=1S/C16H28BrNO4Si/c1-15(2,3)12(22-23(7)8)11-9-10(17)13(19)18(11)14(20)21-16(4,5)6/h9,11-12,23H,1-8H3/t11-,12?/m1/s1. The summed E-state index contributed by atoms with van der Waals surface area (Å²) in [5.41, 5.74) is -0.890. The van der Waals surface area contributed by atoms with Gasteiger partial charge in [0.1, 0.15) is 5.60 Å². The van der Waals surface area contributed by atoms with Crippen molar-refractivity contribution in [1.29, 1.82) is 0 Å². The Morgan fingerprint density at radius 1 is 1.26 bits per heavy atom. The highest BCUT2D eigenvalue weighted by Gasteiger charge is 2.46. The molecule has 0 saturated heterocycles. The first kappa shape index (κ1) is 20.4. The van der Waals surface area contributed by atoms with Crippen molar-refractivity contribution >= 4 is 37.0 Å². The Kier molecular flexibility index (Phi) is 6.26. The molecule has 0 aliphatic carbocycles. The Labute approximate surface area is 149 Å². The van der Waals surface area contributed by atoms with Crippen molar-refractivity contribution in [3.8, 4) is 0 Å². The zero-order valence-corrected chi connectivity index (χ0v) is 18.0. The fourth-order valence-corrected chi connectivity index (χ4v) is 3.99. The van der Waals surface area contributed by atoms with Gasteiger partial charge in [0, 0.05) is 0 Å². The summed E-state index contributed by atoms with van der Waals surface area (Å²) in [5.74, 6) is -0.382. The smallest absolute Gasteiger partial charge is 0.417 e. The third-order valence-corrected chi connectivity index (χ3v) is 4.65. The molecular formula is C16H28BrNO4Si. The van der Waals surface area contributed by atoms with Gasteiger partial charge in [-0.25, -0.2) is 9.69 Å². The molecule has 0 radical (unpaired) electrons. The second-order valence-corrected chi connectivity index (χ2v) is 11.4. The number of hydrogen-bond acceptors (Lipinski definition) is 4. The normalized spacial score (nSPS) is 20.8. The predicted molar refractivity (Wildman–Crippen MR) is 97.1 cm³/mol. The van der Waals surface area contributed by atoms with Gasteiger partial charge in [-0.1, -0.05) is 20.8 Å². The van der Waals surface area contributed by atoms with E-state index in [0.29, 0.717) is 4.48 Å². The van der Waals surface area contributed by atoms with Crippen molar-refractivity contribution in [2.24, 2.45) is 5.41 Å². The Hall–Kier alpha value is -0.663. The van der Waals surface area contributed by atoms with Crippen LogP contribution in [0, 0.1) is 5.41 Å². The monoisotopic (exact) mass is 405 g/mol. The quantitative estimate of drug-likeness (QED) is 0.669. The van der Waals surface area contributed by atoms with Crippen LogP contribution in [0.1, 0.15) is 41.5 Å². The number of nitrogens with zero attached hydrogens (tertiary/aromatic N) is 1. The van der Waals surface area contributed by atoms with Gasteiger partial charge >= 0.3 is 6.09 Å². The van der Waals surface area contributed by atoms with Crippen molar-refractivity contribution in [2.45, 2.75) is 72.4 Å². The van der Waals surface area contributed by atoms with Gasteiger partial charge < -0.3 is 9.16 Å². The zero-order valence-electron chi connectivity index (χ0n) is 15.3. The van der Waals surface area contributed by atoms with Crippen LogP contribution >= 0.6 is 15.9 Å². The molecule has 0 aromatic rings. The molecule has 23 heavy (non-hydrogen) atoms.